The number of oxazole rings is 1. The van der Waals surface area contributed by atoms with Crippen LogP contribution in [-0.2, 0) is 24.2 Å². The molecule has 0 aliphatic rings. The van der Waals surface area contributed by atoms with Crippen molar-refractivity contribution in [2.75, 3.05) is 5.32 Å². The molecule has 5 aromatic rings. The highest BCUT2D eigenvalue weighted by atomic mass is 19.1. The minimum Gasteiger partial charge on any atom is -0.480 e. The van der Waals surface area contributed by atoms with E-state index in [-0.39, 0.29) is 6.42 Å². The van der Waals surface area contributed by atoms with Crippen LogP contribution in [0.5, 0.6) is 0 Å². The fraction of sp³-hybridized carbons (Fsp3) is 0.200. The third-order valence-corrected chi connectivity index (χ3v) is 6.63. The maximum absolute atomic E-state index is 13.8. The first-order valence-corrected chi connectivity index (χ1v) is 12.9. The number of H-pyrrole nitrogens is 1. The lowest BCUT2D eigenvalue weighted by Crippen LogP contribution is -2.42. The number of rotatable bonds is 10. The summed E-state index contributed by atoms with van der Waals surface area (Å²) in [4.78, 5) is 37.1. The van der Waals surface area contributed by atoms with Gasteiger partial charge in [0, 0.05) is 17.5 Å². The number of nitrogens with one attached hydrogen (secondary N) is 3. The van der Waals surface area contributed by atoms with Gasteiger partial charge in [0.25, 0.3) is 5.91 Å². The minimum absolute atomic E-state index is 0.0779. The van der Waals surface area contributed by atoms with Crippen LogP contribution in [0, 0.1) is 12.7 Å². The number of carboxylic acids is 1. The predicted octanol–water partition coefficient (Wildman–Crippen LogP) is 5.27. The quantitative estimate of drug-likeness (QED) is 0.189. The van der Waals surface area contributed by atoms with E-state index in [1.54, 1.807) is 25.3 Å². The van der Waals surface area contributed by atoms with Gasteiger partial charge in [-0.05, 0) is 54.3 Å². The van der Waals surface area contributed by atoms with E-state index in [1.165, 1.54) is 12.1 Å². The van der Waals surface area contributed by atoms with E-state index in [9.17, 15) is 19.1 Å². The lowest BCUT2D eigenvalue weighted by Gasteiger charge is -2.17. The second kappa shape index (κ2) is 11.4. The summed E-state index contributed by atoms with van der Waals surface area (Å²) in [6, 6.07) is 16.4. The Bertz CT molecular complexity index is 1640. The van der Waals surface area contributed by atoms with Gasteiger partial charge in [-0.15, -0.1) is 0 Å². The number of amides is 1. The molecule has 5 rings (SSSR count). The molecule has 1 amide bonds. The molecule has 2 heterocycles. The number of carbonyl (C=O) groups is 2. The van der Waals surface area contributed by atoms with E-state index in [0.717, 1.165) is 22.2 Å². The van der Waals surface area contributed by atoms with Crippen LogP contribution in [0.4, 0.5) is 10.3 Å². The van der Waals surface area contributed by atoms with Gasteiger partial charge in [0.2, 0.25) is 11.8 Å². The molecule has 0 radical (unpaired) electrons. The Hall–Kier alpha value is -4.99. The summed E-state index contributed by atoms with van der Waals surface area (Å²) in [5, 5.41) is 15.5. The fourth-order valence-electron chi connectivity index (χ4n) is 4.61. The summed E-state index contributed by atoms with van der Waals surface area (Å²) < 4.78 is 19.4. The molecular formula is C30H28FN5O4. The number of aromatic amines is 1. The minimum atomic E-state index is -1.16. The molecule has 204 valence electrons. The number of fused-ring (bicyclic) bond motifs is 1. The zero-order valence-electron chi connectivity index (χ0n) is 22.0. The van der Waals surface area contributed by atoms with Gasteiger partial charge in [-0.25, -0.2) is 19.2 Å². The number of carbonyl (C=O) groups excluding carboxylic acids is 1. The molecule has 0 aliphatic heterocycles. The summed E-state index contributed by atoms with van der Waals surface area (Å²) in [7, 11) is 0. The topological polar surface area (TPSA) is 133 Å². The van der Waals surface area contributed by atoms with Crippen LogP contribution in [0.2, 0.25) is 0 Å². The Balaban J connectivity index is 1.22. The second-order valence-electron chi connectivity index (χ2n) is 9.46. The van der Waals surface area contributed by atoms with Gasteiger partial charge < -0.3 is 25.1 Å². The average molecular weight is 542 g/mol. The summed E-state index contributed by atoms with van der Waals surface area (Å²) in [5.41, 5.74) is 5.24. The molecule has 0 saturated carbocycles. The highest BCUT2D eigenvalue weighted by molar-refractivity contribution is 5.99. The van der Waals surface area contributed by atoms with E-state index in [0.29, 0.717) is 47.2 Å². The largest absolute Gasteiger partial charge is 0.480 e. The number of imidazole rings is 1. The molecule has 10 heteroatoms. The molecule has 3 aromatic carbocycles. The molecule has 0 aliphatic carbocycles. The molecule has 0 fully saturated rings. The van der Waals surface area contributed by atoms with Crippen molar-refractivity contribution in [3.05, 3.63) is 101 Å². The van der Waals surface area contributed by atoms with Crippen LogP contribution in [0.25, 0.3) is 22.3 Å². The summed E-state index contributed by atoms with van der Waals surface area (Å²) >= 11 is 0. The van der Waals surface area contributed by atoms with E-state index in [2.05, 4.69) is 25.6 Å². The number of nitrogens with zero attached hydrogens (tertiary/aromatic N) is 2. The van der Waals surface area contributed by atoms with Crippen LogP contribution >= 0.6 is 0 Å². The molecule has 1 unspecified atom stereocenters. The number of anilines is 1. The Morgan fingerprint density at radius 2 is 1.88 bits per heavy atom. The zero-order valence-corrected chi connectivity index (χ0v) is 22.0. The number of carboxylic acid groups (broad SMARTS) is 1. The van der Waals surface area contributed by atoms with Gasteiger partial charge in [0.1, 0.15) is 23.8 Å². The highest BCUT2D eigenvalue weighted by Gasteiger charge is 2.24. The van der Waals surface area contributed by atoms with E-state index in [1.807, 2.05) is 43.3 Å². The third-order valence-electron chi connectivity index (χ3n) is 6.63. The number of aliphatic carboxylic acids is 1. The van der Waals surface area contributed by atoms with Crippen LogP contribution in [0.15, 0.2) is 71.3 Å². The number of hydrogen-bond acceptors (Lipinski definition) is 6. The first-order chi connectivity index (χ1) is 19.3. The molecule has 40 heavy (non-hydrogen) atoms. The van der Waals surface area contributed by atoms with Crippen LogP contribution < -0.4 is 10.6 Å². The third kappa shape index (κ3) is 5.85. The SMILES string of the molecule is CCc1cc(F)cc(C)c1C(=O)NC(Cc1ccc(-c2coc(CNc3nc4ccccc4[nH]3)n2)cc1)C(=O)O. The van der Waals surface area contributed by atoms with Crippen LogP contribution in [0.3, 0.4) is 0 Å². The molecule has 4 N–H and O–H groups in total. The molecule has 0 spiro atoms. The van der Waals surface area contributed by atoms with Crippen molar-refractivity contribution >= 4 is 28.9 Å². The van der Waals surface area contributed by atoms with Crippen LogP contribution in [0.1, 0.15) is 39.9 Å². The van der Waals surface area contributed by atoms with Gasteiger partial charge in [-0.3, -0.25) is 4.79 Å². The Kier molecular flexibility index (Phi) is 7.59. The number of benzene rings is 3. The molecule has 1 atom stereocenters. The number of halogens is 1. The first kappa shape index (κ1) is 26.6. The standard InChI is InChI=1S/C30H28FN5O4/c1-3-19-14-21(31)12-17(2)27(19)28(37)34-24(29(38)39)13-18-8-10-20(11-9-18)25-16-40-26(33-25)15-32-30-35-22-6-4-5-7-23(22)36-30/h4-12,14,16,24H,3,13,15H2,1-2H3,(H,34,37)(H,38,39)(H2,32,35,36). The number of hydrogen-bond donors (Lipinski definition) is 4. The van der Waals surface area contributed by atoms with Crippen molar-refractivity contribution in [1.82, 2.24) is 20.3 Å². The number of aromatic nitrogens is 3. The van der Waals surface area contributed by atoms with Crippen LogP contribution in [-0.4, -0.2) is 38.0 Å². The lowest BCUT2D eigenvalue weighted by molar-refractivity contribution is -0.139. The Labute approximate surface area is 229 Å². The average Bonchev–Trinajstić information content (AvgIpc) is 3.58. The molecule has 9 nitrogen and oxygen atoms in total. The zero-order chi connectivity index (χ0) is 28.2. The maximum Gasteiger partial charge on any atom is 0.326 e. The predicted molar refractivity (Wildman–Crippen MR) is 148 cm³/mol. The van der Waals surface area contributed by atoms with Crippen molar-refractivity contribution < 1.29 is 23.5 Å². The van der Waals surface area contributed by atoms with Crippen molar-refractivity contribution in [2.24, 2.45) is 0 Å². The molecule has 0 bridgehead atoms. The number of para-hydroxylation sites is 2. The Morgan fingerprint density at radius 3 is 2.60 bits per heavy atom. The normalized spacial score (nSPS) is 11.9. The number of aryl methyl sites for hydroxylation is 2. The van der Waals surface area contributed by atoms with Crippen molar-refractivity contribution in [1.29, 1.82) is 0 Å². The summed E-state index contributed by atoms with van der Waals surface area (Å²) in [5.74, 6) is -1.03. The molecular weight excluding hydrogens is 513 g/mol. The summed E-state index contributed by atoms with van der Waals surface area (Å²) in [6.45, 7) is 3.79. The Morgan fingerprint density at radius 1 is 1.10 bits per heavy atom. The van der Waals surface area contributed by atoms with Gasteiger partial charge in [-0.1, -0.05) is 43.3 Å². The van der Waals surface area contributed by atoms with Crippen molar-refractivity contribution in [3.63, 3.8) is 0 Å². The van der Waals surface area contributed by atoms with Gasteiger partial charge in [-0.2, -0.15) is 0 Å². The highest BCUT2D eigenvalue weighted by Crippen LogP contribution is 2.22. The monoisotopic (exact) mass is 541 g/mol. The molecule has 0 saturated heterocycles. The van der Waals surface area contributed by atoms with Crippen molar-refractivity contribution in [3.8, 4) is 11.3 Å². The van der Waals surface area contributed by atoms with Crippen molar-refractivity contribution in [2.45, 2.75) is 39.3 Å². The van der Waals surface area contributed by atoms with Gasteiger partial charge in [0.05, 0.1) is 17.6 Å². The lowest BCUT2D eigenvalue weighted by atomic mass is 9.98. The fourth-order valence-corrected chi connectivity index (χ4v) is 4.61. The first-order valence-electron chi connectivity index (χ1n) is 12.9. The summed E-state index contributed by atoms with van der Waals surface area (Å²) in [6.07, 6.45) is 2.08. The van der Waals surface area contributed by atoms with E-state index in [4.69, 9.17) is 4.42 Å². The van der Waals surface area contributed by atoms with Gasteiger partial charge >= 0.3 is 5.97 Å². The van der Waals surface area contributed by atoms with E-state index < -0.39 is 23.7 Å². The smallest absolute Gasteiger partial charge is 0.326 e. The maximum atomic E-state index is 13.8. The molecule has 2 aromatic heterocycles. The second-order valence-corrected chi connectivity index (χ2v) is 9.46. The van der Waals surface area contributed by atoms with E-state index >= 15 is 0 Å². The van der Waals surface area contributed by atoms with Gasteiger partial charge in [0.15, 0.2) is 0 Å².